The van der Waals surface area contributed by atoms with Gasteiger partial charge in [-0.05, 0) is 36.6 Å². The van der Waals surface area contributed by atoms with Gasteiger partial charge in [-0.3, -0.25) is 9.89 Å². The van der Waals surface area contributed by atoms with E-state index >= 15 is 0 Å². The Hall–Kier alpha value is -2.41. The molecule has 0 spiro atoms. The number of aromatic amines is 1. The summed E-state index contributed by atoms with van der Waals surface area (Å²) in [6, 6.07) is 5.80. The van der Waals surface area contributed by atoms with E-state index in [-0.39, 0.29) is 5.91 Å². The van der Waals surface area contributed by atoms with Crippen molar-refractivity contribution in [3.05, 3.63) is 41.3 Å². The second kappa shape index (κ2) is 6.60. The first-order chi connectivity index (χ1) is 11.8. The number of H-pyrrole nitrogens is 1. The lowest BCUT2D eigenvalue weighted by molar-refractivity contribution is 0.0946. The van der Waals surface area contributed by atoms with Crippen LogP contribution in [-0.4, -0.2) is 47.4 Å². The van der Waals surface area contributed by atoms with Gasteiger partial charge in [0.05, 0.1) is 13.2 Å². The molecule has 1 amide bonds. The third-order valence-corrected chi connectivity index (χ3v) is 4.45. The standard InChI is InChI=1S/C17H21N5O2/c23-17(15-10-14(20-21-15)13-1-2-13)19-11-12-3-4-18-16(9-12)22-5-7-24-8-6-22/h3-4,9-10,13H,1-2,5-8,11H2,(H,19,23)(H,20,21). The molecule has 0 aromatic carbocycles. The van der Waals surface area contributed by atoms with Crippen molar-refractivity contribution < 1.29 is 9.53 Å². The smallest absolute Gasteiger partial charge is 0.272 e. The summed E-state index contributed by atoms with van der Waals surface area (Å²) in [7, 11) is 0. The zero-order chi connectivity index (χ0) is 16.4. The normalized spacial score (nSPS) is 17.8. The maximum absolute atomic E-state index is 12.2. The highest BCUT2D eigenvalue weighted by Gasteiger charge is 2.26. The second-order valence-electron chi connectivity index (χ2n) is 6.29. The number of nitrogens with zero attached hydrogens (tertiary/aromatic N) is 3. The Morgan fingerprint density at radius 3 is 2.96 bits per heavy atom. The maximum Gasteiger partial charge on any atom is 0.272 e. The molecule has 7 heteroatoms. The van der Waals surface area contributed by atoms with Gasteiger partial charge in [0.15, 0.2) is 0 Å². The number of carbonyl (C=O) groups is 1. The highest BCUT2D eigenvalue weighted by Crippen LogP contribution is 2.38. The van der Waals surface area contributed by atoms with Crippen LogP contribution in [0.15, 0.2) is 24.4 Å². The SMILES string of the molecule is O=C(NCc1ccnc(N2CCOCC2)c1)c1cc(C2CC2)[nH]n1. The topological polar surface area (TPSA) is 83.1 Å². The van der Waals surface area contributed by atoms with Crippen molar-refractivity contribution in [2.45, 2.75) is 25.3 Å². The van der Waals surface area contributed by atoms with Gasteiger partial charge in [-0.15, -0.1) is 0 Å². The summed E-state index contributed by atoms with van der Waals surface area (Å²) in [5.41, 5.74) is 2.55. The second-order valence-corrected chi connectivity index (χ2v) is 6.29. The summed E-state index contributed by atoms with van der Waals surface area (Å²) in [5, 5.41) is 9.99. The Morgan fingerprint density at radius 1 is 1.33 bits per heavy atom. The number of pyridine rings is 1. The Balaban J connectivity index is 1.36. The van der Waals surface area contributed by atoms with E-state index in [0.717, 1.165) is 43.4 Å². The van der Waals surface area contributed by atoms with E-state index < -0.39 is 0 Å². The van der Waals surface area contributed by atoms with Gasteiger partial charge in [-0.25, -0.2) is 4.98 Å². The number of ether oxygens (including phenoxy) is 1. The number of hydrogen-bond donors (Lipinski definition) is 2. The molecule has 4 rings (SSSR count). The molecular formula is C17H21N5O2. The summed E-state index contributed by atoms with van der Waals surface area (Å²) in [6.45, 7) is 3.61. The first-order valence-electron chi connectivity index (χ1n) is 8.41. The number of morpholine rings is 1. The van der Waals surface area contributed by atoms with Crippen LogP contribution in [0.4, 0.5) is 5.82 Å². The largest absolute Gasteiger partial charge is 0.378 e. The number of aromatic nitrogens is 3. The van der Waals surface area contributed by atoms with Crippen molar-refractivity contribution in [1.29, 1.82) is 0 Å². The predicted octanol–water partition coefficient (Wildman–Crippen LogP) is 1.45. The minimum absolute atomic E-state index is 0.150. The van der Waals surface area contributed by atoms with Gasteiger partial charge >= 0.3 is 0 Å². The molecule has 126 valence electrons. The van der Waals surface area contributed by atoms with Gasteiger partial charge in [0.1, 0.15) is 11.5 Å². The van der Waals surface area contributed by atoms with E-state index in [1.165, 1.54) is 12.8 Å². The van der Waals surface area contributed by atoms with Crippen LogP contribution >= 0.6 is 0 Å². The van der Waals surface area contributed by atoms with Gasteiger partial charge in [0.25, 0.3) is 5.91 Å². The quantitative estimate of drug-likeness (QED) is 0.868. The van der Waals surface area contributed by atoms with Gasteiger partial charge in [-0.1, -0.05) is 0 Å². The van der Waals surface area contributed by atoms with Crippen molar-refractivity contribution in [2.24, 2.45) is 0 Å². The fraction of sp³-hybridized carbons (Fsp3) is 0.471. The van der Waals surface area contributed by atoms with Crippen molar-refractivity contribution in [3.63, 3.8) is 0 Å². The minimum atomic E-state index is -0.150. The molecule has 1 saturated heterocycles. The van der Waals surface area contributed by atoms with Crippen LogP contribution < -0.4 is 10.2 Å². The van der Waals surface area contributed by atoms with Crippen LogP contribution in [0.1, 0.15) is 40.5 Å². The van der Waals surface area contributed by atoms with Gasteiger partial charge in [-0.2, -0.15) is 5.10 Å². The average molecular weight is 327 g/mol. The molecule has 3 heterocycles. The third-order valence-electron chi connectivity index (χ3n) is 4.45. The number of rotatable bonds is 5. The molecule has 0 bridgehead atoms. The lowest BCUT2D eigenvalue weighted by atomic mass is 10.2. The molecule has 1 aliphatic heterocycles. The molecule has 7 nitrogen and oxygen atoms in total. The van der Waals surface area contributed by atoms with Crippen LogP contribution in [0, 0.1) is 0 Å². The Labute approximate surface area is 140 Å². The van der Waals surface area contributed by atoms with E-state index in [4.69, 9.17) is 4.74 Å². The monoisotopic (exact) mass is 327 g/mol. The van der Waals surface area contributed by atoms with Crippen molar-refractivity contribution in [3.8, 4) is 0 Å². The molecule has 0 unspecified atom stereocenters. The number of amides is 1. The van der Waals surface area contributed by atoms with E-state index in [0.29, 0.717) is 18.2 Å². The van der Waals surface area contributed by atoms with Crippen LogP contribution in [0.2, 0.25) is 0 Å². The lowest BCUT2D eigenvalue weighted by Gasteiger charge is -2.28. The molecule has 1 saturated carbocycles. The van der Waals surface area contributed by atoms with Gasteiger partial charge in [0.2, 0.25) is 0 Å². The van der Waals surface area contributed by atoms with E-state index in [9.17, 15) is 4.79 Å². The summed E-state index contributed by atoms with van der Waals surface area (Å²) >= 11 is 0. The van der Waals surface area contributed by atoms with E-state index in [1.54, 1.807) is 6.20 Å². The van der Waals surface area contributed by atoms with Crippen molar-refractivity contribution in [2.75, 3.05) is 31.2 Å². The molecule has 1 aliphatic carbocycles. The van der Waals surface area contributed by atoms with E-state index in [1.807, 2.05) is 18.2 Å². The maximum atomic E-state index is 12.2. The third kappa shape index (κ3) is 3.41. The summed E-state index contributed by atoms with van der Waals surface area (Å²) < 4.78 is 5.37. The Morgan fingerprint density at radius 2 is 2.17 bits per heavy atom. The molecule has 2 aromatic rings. The van der Waals surface area contributed by atoms with Crippen LogP contribution in [0.3, 0.4) is 0 Å². The number of nitrogens with one attached hydrogen (secondary N) is 2. The first kappa shape index (κ1) is 15.1. The summed E-state index contributed by atoms with van der Waals surface area (Å²) in [5.74, 6) is 1.35. The first-order valence-corrected chi connectivity index (χ1v) is 8.41. The number of hydrogen-bond acceptors (Lipinski definition) is 5. The molecular weight excluding hydrogens is 306 g/mol. The highest BCUT2D eigenvalue weighted by molar-refractivity contribution is 5.92. The average Bonchev–Trinajstić information content (AvgIpc) is 3.37. The number of carbonyl (C=O) groups excluding carboxylic acids is 1. The zero-order valence-electron chi connectivity index (χ0n) is 13.5. The summed E-state index contributed by atoms with van der Waals surface area (Å²) in [4.78, 5) is 18.8. The van der Waals surface area contributed by atoms with Crippen LogP contribution in [0.5, 0.6) is 0 Å². The highest BCUT2D eigenvalue weighted by atomic mass is 16.5. The predicted molar refractivity (Wildman–Crippen MR) is 89.0 cm³/mol. The molecule has 2 N–H and O–H groups in total. The van der Waals surface area contributed by atoms with Crippen LogP contribution in [0.25, 0.3) is 0 Å². The van der Waals surface area contributed by atoms with Crippen molar-refractivity contribution in [1.82, 2.24) is 20.5 Å². The minimum Gasteiger partial charge on any atom is -0.378 e. The molecule has 2 aromatic heterocycles. The molecule has 0 atom stereocenters. The van der Waals surface area contributed by atoms with Crippen LogP contribution in [-0.2, 0) is 11.3 Å². The number of anilines is 1. The Bertz CT molecular complexity index is 719. The lowest BCUT2D eigenvalue weighted by Crippen LogP contribution is -2.36. The fourth-order valence-electron chi connectivity index (χ4n) is 2.87. The van der Waals surface area contributed by atoms with Gasteiger partial charge < -0.3 is 15.0 Å². The molecule has 2 aliphatic rings. The van der Waals surface area contributed by atoms with E-state index in [2.05, 4.69) is 25.4 Å². The van der Waals surface area contributed by atoms with Gasteiger partial charge in [0, 0.05) is 37.4 Å². The molecule has 24 heavy (non-hydrogen) atoms. The Kier molecular flexibility index (Phi) is 4.17. The zero-order valence-corrected chi connectivity index (χ0v) is 13.5. The molecule has 2 fully saturated rings. The summed E-state index contributed by atoms with van der Waals surface area (Å²) in [6.07, 6.45) is 4.15. The van der Waals surface area contributed by atoms with Crippen molar-refractivity contribution >= 4 is 11.7 Å². The molecule has 0 radical (unpaired) electrons. The fourth-order valence-corrected chi connectivity index (χ4v) is 2.87.